The molecule has 5 nitrogen and oxygen atoms in total. The molecule has 1 amide bonds. The lowest BCUT2D eigenvalue weighted by Crippen LogP contribution is -2.30. The Balaban J connectivity index is 2.37. The second-order valence-electron chi connectivity index (χ2n) is 5.55. The molecule has 0 spiro atoms. The van der Waals surface area contributed by atoms with Crippen molar-refractivity contribution < 1.29 is 14.3 Å². The standard InChI is InChI=1S/C16H24N2O3/c1-12(2)9-10-17-15(19)11-21-16(20)13-5-7-14(8-6-13)18(3)4/h5-8,12H,9-11H2,1-4H3,(H,17,19). The summed E-state index contributed by atoms with van der Waals surface area (Å²) in [6, 6.07) is 7.04. The van der Waals surface area contributed by atoms with Crippen molar-refractivity contribution in [3.8, 4) is 0 Å². The quantitative estimate of drug-likeness (QED) is 0.782. The molecule has 0 aliphatic rings. The maximum Gasteiger partial charge on any atom is 0.338 e. The number of carbonyl (C=O) groups excluding carboxylic acids is 2. The molecule has 1 aromatic rings. The van der Waals surface area contributed by atoms with Crippen LogP contribution >= 0.6 is 0 Å². The van der Waals surface area contributed by atoms with Crippen molar-refractivity contribution in [2.24, 2.45) is 5.92 Å². The van der Waals surface area contributed by atoms with Gasteiger partial charge in [0.2, 0.25) is 0 Å². The van der Waals surface area contributed by atoms with Gasteiger partial charge >= 0.3 is 5.97 Å². The average Bonchev–Trinajstić information content (AvgIpc) is 2.44. The first kappa shape index (κ1) is 17.0. The van der Waals surface area contributed by atoms with Gasteiger partial charge < -0.3 is 15.0 Å². The zero-order valence-electron chi connectivity index (χ0n) is 13.2. The number of hydrogen-bond acceptors (Lipinski definition) is 4. The monoisotopic (exact) mass is 292 g/mol. The summed E-state index contributed by atoms with van der Waals surface area (Å²) in [5, 5.41) is 2.72. The summed E-state index contributed by atoms with van der Waals surface area (Å²) in [6.45, 7) is 4.53. The summed E-state index contributed by atoms with van der Waals surface area (Å²) in [5.41, 5.74) is 1.44. The lowest BCUT2D eigenvalue weighted by molar-refractivity contribution is -0.124. The molecule has 0 unspecified atom stereocenters. The first-order valence-corrected chi connectivity index (χ1v) is 7.11. The Morgan fingerprint density at radius 3 is 2.33 bits per heavy atom. The van der Waals surface area contributed by atoms with Gasteiger partial charge in [-0.2, -0.15) is 0 Å². The molecule has 0 saturated carbocycles. The van der Waals surface area contributed by atoms with Crippen LogP contribution < -0.4 is 10.2 Å². The topological polar surface area (TPSA) is 58.6 Å². The fourth-order valence-electron chi connectivity index (χ4n) is 1.66. The number of anilines is 1. The Hall–Kier alpha value is -2.04. The Bertz CT molecular complexity index is 467. The number of carbonyl (C=O) groups is 2. The number of rotatable bonds is 7. The minimum atomic E-state index is -0.487. The maximum atomic E-state index is 11.8. The molecule has 0 atom stereocenters. The molecule has 116 valence electrons. The summed E-state index contributed by atoms with van der Waals surface area (Å²) in [4.78, 5) is 25.2. The number of nitrogens with one attached hydrogen (secondary N) is 1. The SMILES string of the molecule is CC(C)CCNC(=O)COC(=O)c1ccc(N(C)C)cc1. The molecule has 0 radical (unpaired) electrons. The van der Waals surface area contributed by atoms with Gasteiger partial charge in [0.05, 0.1) is 5.56 Å². The fourth-order valence-corrected chi connectivity index (χ4v) is 1.66. The summed E-state index contributed by atoms with van der Waals surface area (Å²) in [7, 11) is 3.85. The van der Waals surface area contributed by atoms with Crippen LogP contribution in [0.4, 0.5) is 5.69 Å². The lowest BCUT2D eigenvalue weighted by atomic mass is 10.1. The Kier molecular flexibility index (Phi) is 6.72. The number of nitrogens with zero attached hydrogens (tertiary/aromatic N) is 1. The van der Waals surface area contributed by atoms with E-state index in [0.717, 1.165) is 12.1 Å². The molecule has 5 heteroatoms. The van der Waals surface area contributed by atoms with E-state index in [1.54, 1.807) is 12.1 Å². The lowest BCUT2D eigenvalue weighted by Gasteiger charge is -2.12. The summed E-state index contributed by atoms with van der Waals surface area (Å²) in [6.07, 6.45) is 0.908. The second kappa shape index (κ2) is 8.29. The molecule has 0 aliphatic carbocycles. The summed E-state index contributed by atoms with van der Waals surface area (Å²) < 4.78 is 4.98. The van der Waals surface area contributed by atoms with Gasteiger partial charge in [-0.15, -0.1) is 0 Å². The number of esters is 1. The van der Waals surface area contributed by atoms with Crippen LogP contribution in [0.2, 0.25) is 0 Å². The van der Waals surface area contributed by atoms with Crippen molar-refractivity contribution in [3.63, 3.8) is 0 Å². The van der Waals surface area contributed by atoms with Crippen molar-refractivity contribution in [1.29, 1.82) is 0 Å². The van der Waals surface area contributed by atoms with E-state index in [9.17, 15) is 9.59 Å². The van der Waals surface area contributed by atoms with Gasteiger partial charge in [-0.25, -0.2) is 4.79 Å². The number of amides is 1. The molecule has 0 saturated heterocycles. The third-order valence-corrected chi connectivity index (χ3v) is 3.00. The van der Waals surface area contributed by atoms with Gasteiger partial charge in [-0.3, -0.25) is 4.79 Å². The molecule has 0 aliphatic heterocycles. The van der Waals surface area contributed by atoms with E-state index in [0.29, 0.717) is 18.0 Å². The van der Waals surface area contributed by atoms with Crippen LogP contribution in [0.15, 0.2) is 24.3 Å². The van der Waals surface area contributed by atoms with Gasteiger partial charge in [0, 0.05) is 26.3 Å². The molecule has 0 bridgehead atoms. The van der Waals surface area contributed by atoms with E-state index < -0.39 is 5.97 Å². The number of hydrogen-bond donors (Lipinski definition) is 1. The maximum absolute atomic E-state index is 11.8. The summed E-state index contributed by atoms with van der Waals surface area (Å²) in [5.74, 6) is -0.226. The van der Waals surface area contributed by atoms with Crippen LogP contribution in [0, 0.1) is 5.92 Å². The highest BCUT2D eigenvalue weighted by molar-refractivity contribution is 5.91. The van der Waals surface area contributed by atoms with Gasteiger partial charge in [-0.05, 0) is 36.6 Å². The number of ether oxygens (including phenoxy) is 1. The highest BCUT2D eigenvalue weighted by Crippen LogP contribution is 2.12. The fraction of sp³-hybridized carbons (Fsp3) is 0.500. The van der Waals surface area contributed by atoms with Crippen molar-refractivity contribution >= 4 is 17.6 Å². The van der Waals surface area contributed by atoms with Gasteiger partial charge in [-0.1, -0.05) is 13.8 Å². The second-order valence-corrected chi connectivity index (χ2v) is 5.55. The van der Waals surface area contributed by atoms with E-state index in [-0.39, 0.29) is 12.5 Å². The molecule has 0 fully saturated rings. The van der Waals surface area contributed by atoms with Crippen LogP contribution in [-0.2, 0) is 9.53 Å². The minimum absolute atomic E-state index is 0.244. The minimum Gasteiger partial charge on any atom is -0.452 e. The highest BCUT2D eigenvalue weighted by atomic mass is 16.5. The van der Waals surface area contributed by atoms with Gasteiger partial charge in [0.15, 0.2) is 6.61 Å². The molecule has 21 heavy (non-hydrogen) atoms. The Labute approximate surface area is 126 Å². The molecule has 0 heterocycles. The molecule has 0 aromatic heterocycles. The van der Waals surface area contributed by atoms with Crippen LogP contribution in [0.25, 0.3) is 0 Å². The van der Waals surface area contributed by atoms with Gasteiger partial charge in [0.1, 0.15) is 0 Å². The normalized spacial score (nSPS) is 10.3. The third kappa shape index (κ3) is 6.29. The van der Waals surface area contributed by atoms with Crippen molar-refractivity contribution in [1.82, 2.24) is 5.32 Å². The van der Waals surface area contributed by atoms with Crippen LogP contribution in [0.5, 0.6) is 0 Å². The van der Waals surface area contributed by atoms with Crippen LogP contribution in [-0.4, -0.2) is 39.1 Å². The third-order valence-electron chi connectivity index (χ3n) is 3.00. The largest absolute Gasteiger partial charge is 0.452 e. The van der Waals surface area contributed by atoms with E-state index in [1.807, 2.05) is 31.1 Å². The predicted molar refractivity (Wildman–Crippen MR) is 83.5 cm³/mol. The van der Waals surface area contributed by atoms with Crippen molar-refractivity contribution in [3.05, 3.63) is 29.8 Å². The number of benzene rings is 1. The van der Waals surface area contributed by atoms with Gasteiger partial charge in [0.25, 0.3) is 5.91 Å². The Morgan fingerprint density at radius 2 is 1.81 bits per heavy atom. The van der Waals surface area contributed by atoms with Crippen molar-refractivity contribution in [2.75, 3.05) is 32.1 Å². The zero-order valence-corrected chi connectivity index (χ0v) is 13.2. The predicted octanol–water partition coefficient (Wildman–Crippen LogP) is 2.07. The highest BCUT2D eigenvalue weighted by Gasteiger charge is 2.10. The molecule has 1 N–H and O–H groups in total. The van der Waals surface area contributed by atoms with E-state index in [1.165, 1.54) is 0 Å². The van der Waals surface area contributed by atoms with Crippen LogP contribution in [0.3, 0.4) is 0 Å². The van der Waals surface area contributed by atoms with Crippen LogP contribution in [0.1, 0.15) is 30.6 Å². The first-order chi connectivity index (χ1) is 9.90. The molecule has 1 rings (SSSR count). The molecule has 1 aromatic carbocycles. The summed E-state index contributed by atoms with van der Waals surface area (Å²) >= 11 is 0. The van der Waals surface area contributed by atoms with E-state index in [4.69, 9.17) is 4.74 Å². The Morgan fingerprint density at radius 1 is 1.19 bits per heavy atom. The first-order valence-electron chi connectivity index (χ1n) is 7.11. The average molecular weight is 292 g/mol. The van der Waals surface area contributed by atoms with E-state index in [2.05, 4.69) is 19.2 Å². The smallest absolute Gasteiger partial charge is 0.338 e. The zero-order chi connectivity index (χ0) is 15.8. The molecular formula is C16H24N2O3. The van der Waals surface area contributed by atoms with E-state index >= 15 is 0 Å². The van der Waals surface area contributed by atoms with Crippen molar-refractivity contribution in [2.45, 2.75) is 20.3 Å². The molecular weight excluding hydrogens is 268 g/mol.